The second kappa shape index (κ2) is 7.90. The maximum absolute atomic E-state index is 12.6. The van der Waals surface area contributed by atoms with Crippen LogP contribution in [-0.4, -0.2) is 63.4 Å². The molecule has 2 aliphatic rings. The van der Waals surface area contributed by atoms with Crippen molar-refractivity contribution in [1.82, 2.24) is 20.1 Å². The zero-order valence-electron chi connectivity index (χ0n) is 15.3. The second-order valence-corrected chi connectivity index (χ2v) is 8.51. The lowest BCUT2D eigenvalue weighted by Gasteiger charge is -2.49. The zero-order chi connectivity index (χ0) is 18.7. The SMILES string of the molecule is O=C(CCc1cccnc1)N1CCC2(CC1)CC(O)CN(c1nncs1)C2. The van der Waals surface area contributed by atoms with Gasteiger partial charge in [0.15, 0.2) is 0 Å². The van der Waals surface area contributed by atoms with Gasteiger partial charge in [-0.25, -0.2) is 0 Å². The second-order valence-electron chi connectivity index (χ2n) is 7.70. The molecule has 4 rings (SSSR count). The molecule has 0 saturated carbocycles. The molecule has 2 aromatic heterocycles. The number of aryl methyl sites for hydroxylation is 1. The van der Waals surface area contributed by atoms with Gasteiger partial charge < -0.3 is 14.9 Å². The maximum atomic E-state index is 12.6. The van der Waals surface area contributed by atoms with E-state index in [1.165, 1.54) is 11.3 Å². The first-order chi connectivity index (χ1) is 13.1. The number of aliphatic hydroxyl groups is 1. The molecule has 144 valence electrons. The summed E-state index contributed by atoms with van der Waals surface area (Å²) in [7, 11) is 0. The Morgan fingerprint density at radius 2 is 2.22 bits per heavy atom. The average molecular weight is 388 g/mol. The summed E-state index contributed by atoms with van der Waals surface area (Å²) in [5.41, 5.74) is 2.89. The van der Waals surface area contributed by atoms with Gasteiger partial charge in [-0.3, -0.25) is 9.78 Å². The summed E-state index contributed by atoms with van der Waals surface area (Å²) < 4.78 is 0. The standard InChI is InChI=1S/C19H25N5O2S/c25-16-10-19(13-24(12-16)18-22-21-14-27-18)5-8-23(9-6-19)17(26)4-3-15-2-1-7-20-11-15/h1-2,7,11,14,16,25H,3-6,8-10,12-13H2. The number of β-amino-alcohol motifs (C(OH)–C–C–N with tert-alkyl or cyclic N) is 1. The first-order valence-corrected chi connectivity index (χ1v) is 10.4. The highest BCUT2D eigenvalue weighted by Crippen LogP contribution is 2.41. The number of pyridine rings is 1. The van der Waals surface area contributed by atoms with Crippen LogP contribution < -0.4 is 4.90 Å². The summed E-state index contributed by atoms with van der Waals surface area (Å²) >= 11 is 1.51. The monoisotopic (exact) mass is 387 g/mol. The van der Waals surface area contributed by atoms with Crippen molar-refractivity contribution in [2.24, 2.45) is 5.41 Å². The third-order valence-electron chi connectivity index (χ3n) is 5.77. The van der Waals surface area contributed by atoms with Crippen LogP contribution in [0.4, 0.5) is 5.13 Å². The molecule has 2 aliphatic heterocycles. The fourth-order valence-corrected chi connectivity index (χ4v) is 4.92. The van der Waals surface area contributed by atoms with Crippen molar-refractivity contribution in [3.8, 4) is 0 Å². The molecule has 27 heavy (non-hydrogen) atoms. The minimum atomic E-state index is -0.351. The van der Waals surface area contributed by atoms with Gasteiger partial charge in [-0.2, -0.15) is 0 Å². The Bertz CT molecular complexity index is 747. The van der Waals surface area contributed by atoms with Gasteiger partial charge >= 0.3 is 0 Å². The van der Waals surface area contributed by atoms with Crippen molar-refractivity contribution in [2.75, 3.05) is 31.1 Å². The molecule has 1 atom stereocenters. The summed E-state index contributed by atoms with van der Waals surface area (Å²) in [5, 5.41) is 19.4. The number of rotatable bonds is 4. The number of amides is 1. The number of likely N-dealkylation sites (tertiary alicyclic amines) is 1. The van der Waals surface area contributed by atoms with Crippen molar-refractivity contribution in [1.29, 1.82) is 0 Å². The molecule has 2 fully saturated rings. The first-order valence-electron chi connectivity index (χ1n) is 9.49. The van der Waals surface area contributed by atoms with E-state index in [1.807, 2.05) is 23.2 Å². The molecule has 0 aliphatic carbocycles. The van der Waals surface area contributed by atoms with Gasteiger partial charge in [-0.15, -0.1) is 10.2 Å². The molecule has 0 bridgehead atoms. The van der Waals surface area contributed by atoms with E-state index in [4.69, 9.17) is 0 Å². The van der Waals surface area contributed by atoms with Crippen LogP contribution in [0.2, 0.25) is 0 Å². The number of piperidine rings is 2. The summed E-state index contributed by atoms with van der Waals surface area (Å²) in [6.07, 6.45) is 7.14. The molecule has 8 heteroatoms. The van der Waals surface area contributed by atoms with Crippen LogP contribution >= 0.6 is 11.3 Å². The minimum Gasteiger partial charge on any atom is -0.391 e. The summed E-state index contributed by atoms with van der Waals surface area (Å²) in [6.45, 7) is 3.03. The molecule has 7 nitrogen and oxygen atoms in total. The molecule has 1 spiro atoms. The Morgan fingerprint density at radius 1 is 1.37 bits per heavy atom. The van der Waals surface area contributed by atoms with Gasteiger partial charge in [0.1, 0.15) is 5.51 Å². The molecular weight excluding hydrogens is 362 g/mol. The normalized spacial score (nSPS) is 22.2. The highest BCUT2D eigenvalue weighted by atomic mass is 32.1. The van der Waals surface area contributed by atoms with Crippen LogP contribution in [0.15, 0.2) is 30.0 Å². The first kappa shape index (κ1) is 18.3. The van der Waals surface area contributed by atoms with Gasteiger partial charge in [0.25, 0.3) is 0 Å². The average Bonchev–Trinajstić information content (AvgIpc) is 3.22. The van der Waals surface area contributed by atoms with E-state index in [0.29, 0.717) is 13.0 Å². The van der Waals surface area contributed by atoms with Crippen molar-refractivity contribution in [3.05, 3.63) is 35.6 Å². The predicted molar refractivity (Wildman–Crippen MR) is 104 cm³/mol. The third-order valence-corrected chi connectivity index (χ3v) is 6.52. The Balaban J connectivity index is 1.33. The number of carbonyl (C=O) groups excluding carboxylic acids is 1. The topological polar surface area (TPSA) is 82.5 Å². The van der Waals surface area contributed by atoms with Gasteiger partial charge in [0.2, 0.25) is 11.0 Å². The zero-order valence-corrected chi connectivity index (χ0v) is 16.1. The van der Waals surface area contributed by atoms with Gasteiger partial charge in [-0.1, -0.05) is 17.4 Å². The molecule has 1 unspecified atom stereocenters. The van der Waals surface area contributed by atoms with Crippen LogP contribution in [0.25, 0.3) is 0 Å². The van der Waals surface area contributed by atoms with E-state index in [9.17, 15) is 9.90 Å². The number of carbonyl (C=O) groups is 1. The number of hydrogen-bond acceptors (Lipinski definition) is 7. The Labute approximate surface area is 163 Å². The highest BCUT2D eigenvalue weighted by molar-refractivity contribution is 7.13. The van der Waals surface area contributed by atoms with Crippen LogP contribution in [0, 0.1) is 5.41 Å². The van der Waals surface area contributed by atoms with Gasteiger partial charge in [0, 0.05) is 45.0 Å². The number of aromatic nitrogens is 3. The minimum absolute atomic E-state index is 0.0590. The smallest absolute Gasteiger partial charge is 0.222 e. The Kier molecular flexibility index (Phi) is 5.36. The summed E-state index contributed by atoms with van der Waals surface area (Å²) in [5.74, 6) is 0.214. The number of nitrogens with zero attached hydrogens (tertiary/aromatic N) is 5. The summed E-state index contributed by atoms with van der Waals surface area (Å²) in [4.78, 5) is 20.8. The molecule has 2 saturated heterocycles. The van der Waals surface area contributed by atoms with Crippen molar-refractivity contribution in [3.63, 3.8) is 0 Å². The fraction of sp³-hybridized carbons (Fsp3) is 0.579. The van der Waals surface area contributed by atoms with E-state index in [1.54, 1.807) is 11.7 Å². The van der Waals surface area contributed by atoms with E-state index in [0.717, 1.165) is 56.0 Å². The van der Waals surface area contributed by atoms with Crippen molar-refractivity contribution >= 4 is 22.4 Å². The molecular formula is C19H25N5O2S. The third kappa shape index (κ3) is 4.27. The lowest BCUT2D eigenvalue weighted by molar-refractivity contribution is -0.133. The molecule has 0 radical (unpaired) electrons. The molecule has 2 aromatic rings. The molecule has 4 heterocycles. The predicted octanol–water partition coefficient (Wildman–Crippen LogP) is 1.75. The largest absolute Gasteiger partial charge is 0.391 e. The van der Waals surface area contributed by atoms with Crippen molar-refractivity contribution < 1.29 is 9.90 Å². The Hall–Kier alpha value is -2.06. The van der Waals surface area contributed by atoms with E-state index in [2.05, 4.69) is 20.1 Å². The molecule has 0 aromatic carbocycles. The van der Waals surface area contributed by atoms with E-state index in [-0.39, 0.29) is 17.4 Å². The van der Waals surface area contributed by atoms with E-state index >= 15 is 0 Å². The quantitative estimate of drug-likeness (QED) is 0.861. The molecule has 1 N–H and O–H groups in total. The van der Waals surface area contributed by atoms with Crippen LogP contribution in [0.5, 0.6) is 0 Å². The number of hydrogen-bond donors (Lipinski definition) is 1. The number of anilines is 1. The van der Waals surface area contributed by atoms with Crippen LogP contribution in [-0.2, 0) is 11.2 Å². The van der Waals surface area contributed by atoms with Gasteiger partial charge in [0.05, 0.1) is 6.10 Å². The summed E-state index contributed by atoms with van der Waals surface area (Å²) in [6, 6.07) is 3.92. The van der Waals surface area contributed by atoms with Crippen LogP contribution in [0.3, 0.4) is 0 Å². The lowest BCUT2D eigenvalue weighted by Crippen LogP contribution is -2.54. The fourth-order valence-electron chi connectivity index (χ4n) is 4.35. The molecule has 1 amide bonds. The lowest BCUT2D eigenvalue weighted by atomic mass is 9.71. The highest BCUT2D eigenvalue weighted by Gasteiger charge is 2.42. The van der Waals surface area contributed by atoms with Crippen molar-refractivity contribution in [2.45, 2.75) is 38.2 Å². The Morgan fingerprint density at radius 3 is 2.93 bits per heavy atom. The maximum Gasteiger partial charge on any atom is 0.222 e. The number of aliphatic hydroxyl groups excluding tert-OH is 1. The van der Waals surface area contributed by atoms with Crippen LogP contribution in [0.1, 0.15) is 31.2 Å². The van der Waals surface area contributed by atoms with Gasteiger partial charge in [-0.05, 0) is 42.7 Å². The van der Waals surface area contributed by atoms with E-state index < -0.39 is 0 Å².